The van der Waals surface area contributed by atoms with Crippen molar-refractivity contribution in [2.75, 3.05) is 0 Å². The predicted octanol–water partition coefficient (Wildman–Crippen LogP) is 5.68. The van der Waals surface area contributed by atoms with Crippen molar-refractivity contribution in [1.82, 2.24) is 0 Å². The molecule has 0 aliphatic carbocycles. The van der Waals surface area contributed by atoms with E-state index in [9.17, 15) is 0 Å². The number of fused-ring (bicyclic) bond motifs is 2. The smallest absolute Gasteiger partial charge is 0.121 e. The van der Waals surface area contributed by atoms with Crippen molar-refractivity contribution in [3.05, 3.63) is 133 Å². The van der Waals surface area contributed by atoms with E-state index in [-0.39, 0.29) is 11.4 Å². The van der Waals surface area contributed by atoms with E-state index in [1.807, 2.05) is 0 Å². The molecule has 3 atom stereocenters. The number of rotatable bonds is 6. The third-order valence-electron chi connectivity index (χ3n) is 6.58. The van der Waals surface area contributed by atoms with E-state index in [4.69, 9.17) is 4.74 Å². The topological polar surface area (TPSA) is 9.23 Å². The highest BCUT2D eigenvalue weighted by Gasteiger charge is 2.58. The van der Waals surface area contributed by atoms with Crippen LogP contribution >= 0.6 is 15.8 Å². The molecular weight excluding hydrogens is 438 g/mol. The summed E-state index contributed by atoms with van der Waals surface area (Å²) in [5, 5.41) is 5.33. The number of hydrogen-bond donors (Lipinski definition) is 0. The number of hydrogen-bond acceptors (Lipinski definition) is 1. The van der Waals surface area contributed by atoms with Crippen LogP contribution in [0.4, 0.5) is 0 Å². The Balaban J connectivity index is 1.54. The summed E-state index contributed by atoms with van der Waals surface area (Å²) in [4.78, 5) is 0. The molecule has 0 saturated carbocycles. The van der Waals surface area contributed by atoms with Gasteiger partial charge in [-0.05, 0) is 49.6 Å². The van der Waals surface area contributed by atoms with Gasteiger partial charge >= 0.3 is 0 Å². The summed E-state index contributed by atoms with van der Waals surface area (Å²) >= 11 is 0. The first-order valence-electron chi connectivity index (χ1n) is 11.5. The molecule has 4 aromatic carbocycles. The highest BCUT2D eigenvalue weighted by Crippen LogP contribution is 2.66. The second-order valence-electron chi connectivity index (χ2n) is 8.57. The van der Waals surface area contributed by atoms with Gasteiger partial charge in [-0.1, -0.05) is 127 Å². The molecule has 2 aliphatic rings. The van der Waals surface area contributed by atoms with Crippen molar-refractivity contribution in [3.8, 4) is 0 Å². The molecule has 0 unspecified atom stereocenters. The van der Waals surface area contributed by atoms with Gasteiger partial charge in [-0.15, -0.1) is 0 Å². The molecule has 4 aromatic rings. The second-order valence-corrected chi connectivity index (χ2v) is 13.4. The van der Waals surface area contributed by atoms with Crippen LogP contribution < -0.4 is 21.2 Å². The molecule has 33 heavy (non-hydrogen) atoms. The monoisotopic (exact) mass is 464 g/mol. The van der Waals surface area contributed by atoms with Crippen molar-refractivity contribution in [2.45, 2.75) is 23.5 Å². The van der Waals surface area contributed by atoms with Crippen molar-refractivity contribution >= 4 is 37.1 Å². The summed E-state index contributed by atoms with van der Waals surface area (Å²) in [7, 11) is -1.33. The zero-order valence-corrected chi connectivity index (χ0v) is 20.2. The van der Waals surface area contributed by atoms with Gasteiger partial charge in [0, 0.05) is 5.66 Å². The minimum Gasteiger partial charge on any atom is -0.358 e. The van der Waals surface area contributed by atoms with Crippen LogP contribution in [0.25, 0.3) is 0 Å². The molecule has 1 saturated heterocycles. The van der Waals surface area contributed by atoms with Crippen LogP contribution in [0.1, 0.15) is 6.42 Å². The lowest BCUT2D eigenvalue weighted by Gasteiger charge is -2.42. The van der Waals surface area contributed by atoms with E-state index < -0.39 is 15.8 Å². The van der Waals surface area contributed by atoms with E-state index in [0.29, 0.717) is 5.66 Å². The Bertz CT molecular complexity index is 1150. The van der Waals surface area contributed by atoms with Crippen LogP contribution in [-0.2, 0) is 4.74 Å². The minimum atomic E-state index is -0.740. The maximum atomic E-state index is 7.00. The van der Waals surface area contributed by atoms with E-state index in [1.165, 1.54) is 21.2 Å². The van der Waals surface area contributed by atoms with Crippen LogP contribution in [0.5, 0.6) is 0 Å². The van der Waals surface area contributed by atoms with Gasteiger partial charge in [0.05, 0.1) is 6.10 Å². The fraction of sp³-hybridized carbons (Fsp3) is 0.133. The van der Waals surface area contributed by atoms with Gasteiger partial charge in [-0.2, -0.15) is 0 Å². The Morgan fingerprint density at radius 1 is 0.576 bits per heavy atom. The van der Waals surface area contributed by atoms with Gasteiger partial charge in [0.2, 0.25) is 0 Å². The Morgan fingerprint density at radius 3 is 1.42 bits per heavy atom. The molecule has 0 amide bonds. The summed E-state index contributed by atoms with van der Waals surface area (Å²) < 4.78 is 7.00. The standard InChI is InChI=1S/C30H26OP2/c1-5-13-25(14-6-1)32(26-15-7-2-8-16-26)29-23-24-21-22-30(29,31-24)33(27-17-9-3-10-18-27)28-19-11-4-12-20-28/h1-22,24,29H,23H2/t24-,29-,30-/m1/s1. The molecule has 0 N–H and O–H groups in total. The first-order valence-corrected chi connectivity index (χ1v) is 14.3. The van der Waals surface area contributed by atoms with E-state index >= 15 is 0 Å². The SMILES string of the molecule is C1=C[C@]2(P(c3ccccc3)c3ccccc3)O[C@H]1C[C@H]2P(c1ccccc1)c1ccccc1. The van der Waals surface area contributed by atoms with Gasteiger partial charge in [0.25, 0.3) is 0 Å². The zero-order chi connectivity index (χ0) is 22.1. The quantitative estimate of drug-likeness (QED) is 0.264. The molecule has 6 rings (SSSR count). The summed E-state index contributed by atoms with van der Waals surface area (Å²) in [5.74, 6) is 0. The predicted molar refractivity (Wildman–Crippen MR) is 143 cm³/mol. The molecule has 162 valence electrons. The first kappa shape index (κ1) is 21.0. The molecule has 0 radical (unpaired) electrons. The normalized spacial score (nSPS) is 23.5. The maximum Gasteiger partial charge on any atom is 0.121 e. The third kappa shape index (κ3) is 3.79. The second kappa shape index (κ2) is 9.00. The summed E-state index contributed by atoms with van der Waals surface area (Å²) in [6.45, 7) is 0. The minimum absolute atomic E-state index is 0.199. The molecule has 2 heterocycles. The molecule has 0 aromatic heterocycles. The van der Waals surface area contributed by atoms with Gasteiger partial charge in [-0.25, -0.2) is 0 Å². The Labute approximate surface area is 198 Å². The summed E-state index contributed by atoms with van der Waals surface area (Å²) in [6, 6.07) is 44.3. The zero-order valence-electron chi connectivity index (χ0n) is 18.4. The molecule has 1 fully saturated rings. The molecular formula is C30H26OP2. The molecule has 3 heteroatoms. The Kier molecular flexibility index (Phi) is 5.73. The van der Waals surface area contributed by atoms with Gasteiger partial charge in [0.1, 0.15) is 5.34 Å². The summed E-state index contributed by atoms with van der Waals surface area (Å²) in [5.41, 5.74) is 0.416. The Hall–Kier alpha value is -2.56. The van der Waals surface area contributed by atoms with Crippen LogP contribution in [0.15, 0.2) is 133 Å². The van der Waals surface area contributed by atoms with E-state index in [0.717, 1.165) is 6.42 Å². The van der Waals surface area contributed by atoms with E-state index in [2.05, 4.69) is 133 Å². The van der Waals surface area contributed by atoms with Crippen molar-refractivity contribution in [2.24, 2.45) is 0 Å². The van der Waals surface area contributed by atoms with Crippen LogP contribution in [0.2, 0.25) is 0 Å². The van der Waals surface area contributed by atoms with Gasteiger partial charge < -0.3 is 4.74 Å². The van der Waals surface area contributed by atoms with Gasteiger partial charge in [-0.3, -0.25) is 0 Å². The summed E-state index contributed by atoms with van der Waals surface area (Å²) in [6.07, 6.45) is 6.02. The van der Waals surface area contributed by atoms with Crippen molar-refractivity contribution in [3.63, 3.8) is 0 Å². The lowest BCUT2D eigenvalue weighted by atomic mass is 10.1. The lowest BCUT2D eigenvalue weighted by Crippen LogP contribution is -2.42. The fourth-order valence-electron chi connectivity index (χ4n) is 5.23. The number of ether oxygens (including phenoxy) is 1. The van der Waals surface area contributed by atoms with Gasteiger partial charge in [0.15, 0.2) is 0 Å². The fourth-order valence-corrected chi connectivity index (χ4v) is 11.8. The van der Waals surface area contributed by atoms with Crippen LogP contribution in [0, 0.1) is 0 Å². The largest absolute Gasteiger partial charge is 0.358 e. The Morgan fingerprint density at radius 2 is 1.00 bits per heavy atom. The van der Waals surface area contributed by atoms with Crippen LogP contribution in [0.3, 0.4) is 0 Å². The van der Waals surface area contributed by atoms with Crippen LogP contribution in [-0.4, -0.2) is 17.1 Å². The van der Waals surface area contributed by atoms with Crippen molar-refractivity contribution < 1.29 is 4.74 Å². The molecule has 0 spiro atoms. The van der Waals surface area contributed by atoms with E-state index in [1.54, 1.807) is 0 Å². The number of benzene rings is 4. The molecule has 2 bridgehead atoms. The molecule has 1 nitrogen and oxygen atoms in total. The molecule has 2 aliphatic heterocycles. The average Bonchev–Trinajstić information content (AvgIpc) is 3.46. The highest BCUT2D eigenvalue weighted by molar-refractivity contribution is 7.78. The average molecular weight is 464 g/mol. The highest BCUT2D eigenvalue weighted by atomic mass is 31.1. The third-order valence-corrected chi connectivity index (χ3v) is 12.6. The van der Waals surface area contributed by atoms with Crippen molar-refractivity contribution in [1.29, 1.82) is 0 Å². The maximum absolute atomic E-state index is 7.00. The first-order chi connectivity index (χ1) is 16.4. The lowest BCUT2D eigenvalue weighted by molar-refractivity contribution is 0.0956.